The van der Waals surface area contributed by atoms with Gasteiger partial charge in [0.05, 0.1) is 6.61 Å². The van der Waals surface area contributed by atoms with Gasteiger partial charge in [-0.2, -0.15) is 105 Å². The van der Waals surface area contributed by atoms with Gasteiger partial charge < -0.3 is 5.11 Å². The summed E-state index contributed by atoms with van der Waals surface area (Å²) in [4.78, 5) is 0. The van der Waals surface area contributed by atoms with Crippen LogP contribution in [0.2, 0.25) is 0 Å². The molecule has 0 spiro atoms. The molecule has 0 atom stereocenters. The van der Waals surface area contributed by atoms with E-state index in [2.05, 4.69) is 76.9 Å². The topological polar surface area (TPSA) is 57.2 Å². The van der Waals surface area contributed by atoms with Crippen molar-refractivity contribution in [3.05, 3.63) is 25.3 Å². The molecule has 66 heavy (non-hydrogen) atoms. The fourth-order valence-corrected chi connectivity index (χ4v) is 4.63. The molecule has 5 nitrogen and oxygen atoms in total. The first-order valence-corrected chi connectivity index (χ1v) is 19.9. The second-order valence-electron chi connectivity index (χ2n) is 12.9. The number of rotatable bonds is 27. The number of halogens is 29. The Bertz CT molecular complexity index is 1410. The lowest BCUT2D eigenvalue weighted by molar-refractivity contribution is -0.565. The molecule has 34 heteroatoms. The summed E-state index contributed by atoms with van der Waals surface area (Å²) in [5.41, 5.74) is 0. The third-order valence-corrected chi connectivity index (χ3v) is 8.81. The van der Waals surface area contributed by atoms with Gasteiger partial charge in [-0.05, 0) is 59.2 Å². The third-order valence-electron chi connectivity index (χ3n) is 7.28. The summed E-state index contributed by atoms with van der Waals surface area (Å²) in [6, 6.07) is 0. The Balaban J connectivity index is -0.000000838. The molecule has 0 aromatic rings. The minimum atomic E-state index is -8.82. The molecule has 0 saturated carbocycles. The van der Waals surface area contributed by atoms with Gasteiger partial charge in [-0.15, -0.1) is 26.3 Å². The van der Waals surface area contributed by atoms with Crippen molar-refractivity contribution in [3.8, 4) is 0 Å². The van der Waals surface area contributed by atoms with E-state index >= 15 is 0 Å². The van der Waals surface area contributed by atoms with Crippen molar-refractivity contribution in [2.24, 2.45) is 11.8 Å². The molecular formula is C32H39F27I2O5. The maximum atomic E-state index is 13.5. The van der Waals surface area contributed by atoms with E-state index in [0.717, 1.165) is 38.9 Å². The van der Waals surface area contributed by atoms with E-state index in [1.807, 2.05) is 12.2 Å². The largest absolute Gasteiger partial charge is 0.522 e. The first-order valence-electron chi connectivity index (χ1n) is 16.9. The second kappa shape index (κ2) is 25.8. The van der Waals surface area contributed by atoms with E-state index in [4.69, 9.17) is 5.11 Å². The number of hydrogen-bond donors (Lipinski definition) is 1. The SMILES string of the molecule is C.C=CCC(C)CC=C.CC(CCCI)CCCI.OC(F)(F)C(F)(F)OC(F)(F)C(F)(F)C(F)(F)C(F)(F)OC(F)(F)C(F)(F)OC(F)(F)C(F)(F)C(F)(F)C(F)(F)CCOC(F)(F)F. The van der Waals surface area contributed by atoms with Crippen LogP contribution in [-0.2, 0) is 18.9 Å². The van der Waals surface area contributed by atoms with Gasteiger partial charge in [-0.25, -0.2) is 14.2 Å². The predicted octanol–water partition coefficient (Wildman–Crippen LogP) is 15.7. The Hall–Kier alpha value is -1.15. The molecule has 0 unspecified atom stereocenters. The molecular weight excluding hydrogens is 1230 g/mol. The highest BCUT2D eigenvalue weighted by atomic mass is 127. The van der Waals surface area contributed by atoms with Crippen molar-refractivity contribution < 1.29 is 143 Å². The van der Waals surface area contributed by atoms with Gasteiger partial charge in [-0.1, -0.05) is 78.6 Å². The molecule has 1 N–H and O–H groups in total. The first-order chi connectivity index (χ1) is 28.4. The van der Waals surface area contributed by atoms with E-state index in [0.29, 0.717) is 0 Å². The van der Waals surface area contributed by atoms with E-state index in [-0.39, 0.29) is 7.43 Å². The Kier molecular flexibility index (Phi) is 27.9. The van der Waals surface area contributed by atoms with Crippen LogP contribution >= 0.6 is 45.2 Å². The monoisotopic (exact) mass is 1270 g/mol. The van der Waals surface area contributed by atoms with Crippen LogP contribution in [-0.4, -0.2) is 99.3 Å². The highest BCUT2D eigenvalue weighted by Crippen LogP contribution is 2.59. The van der Waals surface area contributed by atoms with E-state index < -0.39 is 91.8 Å². The van der Waals surface area contributed by atoms with Crippen LogP contribution in [0.5, 0.6) is 0 Å². The molecule has 400 valence electrons. The third kappa shape index (κ3) is 19.6. The van der Waals surface area contributed by atoms with Gasteiger partial charge in [0.25, 0.3) is 0 Å². The quantitative estimate of drug-likeness (QED) is 0.0384. The van der Waals surface area contributed by atoms with Gasteiger partial charge in [0.2, 0.25) is 0 Å². The van der Waals surface area contributed by atoms with Gasteiger partial charge in [0, 0.05) is 6.42 Å². The number of hydrogen-bond acceptors (Lipinski definition) is 5. The zero-order valence-corrected chi connectivity index (χ0v) is 36.7. The zero-order valence-electron chi connectivity index (χ0n) is 32.3. The molecule has 0 saturated heterocycles. The van der Waals surface area contributed by atoms with Crippen molar-refractivity contribution >= 4 is 45.2 Å². The summed E-state index contributed by atoms with van der Waals surface area (Å²) in [5, 5.41) is 7.50. The number of alkyl halides is 29. The standard InChI is InChI=1S/C15H5F27O5.C8H16I2.C8H14.CH4/c16-3(17,1-2-44-15(40,41)42)4(18,19)5(20,21)9(28,29)46-13(36,37)14(38,39)47-11(32,33)7(24,25)6(22,23)10(30,31)45-12(34,35)8(26,27)43;1-8(4-2-6-9)5-3-7-10;1-4-6-8(3)7-5-2;/h43H,1-2H2;8H,2-7H2,1H3;4-5,8H,1-2,6-7H2,3H3;1H4. The van der Waals surface area contributed by atoms with E-state index in [1.165, 1.54) is 34.5 Å². The molecule has 0 aliphatic rings. The van der Waals surface area contributed by atoms with Crippen molar-refractivity contribution in [1.82, 2.24) is 0 Å². The molecule has 0 fully saturated rings. The molecule has 0 bridgehead atoms. The normalized spacial score (nSPS) is 14.6. The minimum absolute atomic E-state index is 0. The first kappa shape index (κ1) is 71.4. The van der Waals surface area contributed by atoms with Crippen LogP contribution in [0.25, 0.3) is 0 Å². The van der Waals surface area contributed by atoms with Crippen molar-refractivity contribution in [1.29, 1.82) is 0 Å². The van der Waals surface area contributed by atoms with Crippen LogP contribution in [0.1, 0.15) is 66.2 Å². The van der Waals surface area contributed by atoms with Crippen molar-refractivity contribution in [2.45, 2.75) is 145 Å². The highest BCUT2D eigenvalue weighted by Gasteiger charge is 2.88. The average molecular weight is 1270 g/mol. The van der Waals surface area contributed by atoms with E-state index in [1.54, 1.807) is 0 Å². The number of allylic oxidation sites excluding steroid dienone is 2. The molecule has 0 aliphatic heterocycles. The second-order valence-corrected chi connectivity index (χ2v) is 15.1. The molecule has 0 amide bonds. The molecule has 0 aromatic heterocycles. The Morgan fingerprint density at radius 3 is 1.02 bits per heavy atom. The van der Waals surface area contributed by atoms with Crippen LogP contribution in [0.3, 0.4) is 0 Å². The van der Waals surface area contributed by atoms with E-state index in [9.17, 15) is 119 Å². The van der Waals surface area contributed by atoms with Gasteiger partial charge >= 0.3 is 78.7 Å². The predicted molar refractivity (Wildman–Crippen MR) is 192 cm³/mol. The lowest BCUT2D eigenvalue weighted by Gasteiger charge is -2.40. The fourth-order valence-electron chi connectivity index (χ4n) is 3.75. The van der Waals surface area contributed by atoms with Crippen LogP contribution in [0, 0.1) is 11.8 Å². The summed E-state index contributed by atoms with van der Waals surface area (Å²) in [5.74, 6) is -39.2. The molecule has 0 heterocycles. The van der Waals surface area contributed by atoms with Crippen LogP contribution in [0.15, 0.2) is 25.3 Å². The summed E-state index contributed by atoms with van der Waals surface area (Å²) >= 11 is 4.91. The Morgan fingerprint density at radius 1 is 0.470 bits per heavy atom. The number of ether oxygens (including phenoxy) is 4. The van der Waals surface area contributed by atoms with Gasteiger partial charge in [0.15, 0.2) is 0 Å². The van der Waals surface area contributed by atoms with Crippen LogP contribution in [0.4, 0.5) is 119 Å². The average Bonchev–Trinajstić information content (AvgIpc) is 3.07. The van der Waals surface area contributed by atoms with Crippen LogP contribution < -0.4 is 0 Å². The summed E-state index contributed by atoms with van der Waals surface area (Å²) < 4.78 is 360. The summed E-state index contributed by atoms with van der Waals surface area (Å²) in [7, 11) is 0. The highest BCUT2D eigenvalue weighted by molar-refractivity contribution is 14.1. The fraction of sp³-hybridized carbons (Fsp3) is 0.875. The molecule has 0 aromatic carbocycles. The van der Waals surface area contributed by atoms with Crippen molar-refractivity contribution in [3.63, 3.8) is 0 Å². The zero-order chi connectivity index (χ0) is 53.0. The van der Waals surface area contributed by atoms with Gasteiger partial charge in [0.1, 0.15) is 0 Å². The lowest BCUT2D eigenvalue weighted by Crippen LogP contribution is -2.68. The molecule has 0 radical (unpaired) electrons. The van der Waals surface area contributed by atoms with Gasteiger partial charge in [-0.3, -0.25) is 4.74 Å². The molecule has 0 rings (SSSR count). The molecule has 0 aliphatic carbocycles. The summed E-state index contributed by atoms with van der Waals surface area (Å²) in [6.45, 7) is 9.04. The maximum absolute atomic E-state index is 13.5. The lowest BCUT2D eigenvalue weighted by atomic mass is 10.0. The smallest absolute Gasteiger partial charge is 0.329 e. The minimum Gasteiger partial charge on any atom is -0.329 e. The Morgan fingerprint density at radius 2 is 0.758 bits per heavy atom. The number of aliphatic hydroxyl groups is 1. The maximum Gasteiger partial charge on any atom is 0.522 e. The van der Waals surface area contributed by atoms with Crippen molar-refractivity contribution in [2.75, 3.05) is 15.5 Å². The Labute approximate surface area is 384 Å². The summed E-state index contributed by atoms with van der Waals surface area (Å²) in [6.07, 6.45) is -54.3.